The van der Waals surface area contributed by atoms with Crippen LogP contribution in [-0.2, 0) is 9.53 Å². The summed E-state index contributed by atoms with van der Waals surface area (Å²) in [5.74, 6) is -0.355. The minimum absolute atomic E-state index is 0.186. The summed E-state index contributed by atoms with van der Waals surface area (Å²) in [6.07, 6.45) is 4.56. The smallest absolute Gasteiger partial charge is 0.360 e. The van der Waals surface area contributed by atoms with E-state index in [1.54, 1.807) is 6.92 Å². The van der Waals surface area contributed by atoms with E-state index >= 15 is 0 Å². The molecule has 1 aliphatic heterocycles. The number of hydrogen-bond donors (Lipinski definition) is 1. The van der Waals surface area contributed by atoms with Crippen LogP contribution < -0.4 is 10.6 Å². The number of ether oxygens (including phenoxy) is 1. The van der Waals surface area contributed by atoms with Crippen molar-refractivity contribution in [3.8, 4) is 0 Å². The Morgan fingerprint density at radius 3 is 3.10 bits per heavy atom. The van der Waals surface area contributed by atoms with Gasteiger partial charge < -0.3 is 19.8 Å². The van der Waals surface area contributed by atoms with Crippen LogP contribution in [0.3, 0.4) is 0 Å². The molecule has 1 aromatic rings. The zero-order valence-corrected chi connectivity index (χ0v) is 12.2. The summed E-state index contributed by atoms with van der Waals surface area (Å²) in [6, 6.07) is 0.432. The number of amides is 1. The van der Waals surface area contributed by atoms with Gasteiger partial charge in [0.15, 0.2) is 5.69 Å². The van der Waals surface area contributed by atoms with Crippen LogP contribution in [0.2, 0.25) is 0 Å². The Bertz CT molecular complexity index is 500. The Balaban J connectivity index is 1.94. The fraction of sp³-hybridized carbons (Fsp3) is 0.643. The lowest BCUT2D eigenvalue weighted by Gasteiger charge is -2.31. The first-order valence-corrected chi connectivity index (χ1v) is 7.26. The zero-order chi connectivity index (χ0) is 15.2. The number of nitrogens with zero attached hydrogens (tertiary/aromatic N) is 2. The van der Waals surface area contributed by atoms with Gasteiger partial charge in [0.25, 0.3) is 6.01 Å². The molecule has 0 saturated carbocycles. The van der Waals surface area contributed by atoms with E-state index in [4.69, 9.17) is 14.9 Å². The number of aromatic nitrogens is 1. The van der Waals surface area contributed by atoms with Crippen molar-refractivity contribution in [3.05, 3.63) is 12.0 Å². The van der Waals surface area contributed by atoms with E-state index in [2.05, 4.69) is 4.98 Å². The van der Waals surface area contributed by atoms with Gasteiger partial charge in [0, 0.05) is 19.5 Å². The van der Waals surface area contributed by atoms with E-state index in [0.717, 1.165) is 32.4 Å². The molecule has 0 aliphatic carbocycles. The maximum Gasteiger partial charge on any atom is 0.360 e. The topological polar surface area (TPSA) is 98.7 Å². The van der Waals surface area contributed by atoms with Gasteiger partial charge in [-0.15, -0.1) is 0 Å². The molecule has 1 amide bonds. The standard InChI is InChI=1S/C14H21N3O4/c1-2-20-13(19)11-9-21-14(16-11)17-7-3-4-10(8-17)5-6-12(15)18/h9-10H,2-8H2,1H3,(H2,15,18)/t10-/m0/s1. The van der Waals surface area contributed by atoms with Gasteiger partial charge in [0.1, 0.15) is 6.26 Å². The van der Waals surface area contributed by atoms with Crippen molar-refractivity contribution in [2.24, 2.45) is 11.7 Å². The number of hydrogen-bond acceptors (Lipinski definition) is 6. The number of primary amides is 1. The van der Waals surface area contributed by atoms with Gasteiger partial charge >= 0.3 is 5.97 Å². The largest absolute Gasteiger partial charge is 0.461 e. The van der Waals surface area contributed by atoms with Crippen LogP contribution in [0, 0.1) is 5.92 Å². The van der Waals surface area contributed by atoms with E-state index in [0.29, 0.717) is 25.0 Å². The van der Waals surface area contributed by atoms with Crippen LogP contribution in [-0.4, -0.2) is 36.6 Å². The number of oxazole rings is 1. The molecule has 2 heterocycles. The number of esters is 1. The third-order valence-corrected chi connectivity index (χ3v) is 3.57. The number of carbonyl (C=O) groups is 2. The molecule has 21 heavy (non-hydrogen) atoms. The number of nitrogens with two attached hydrogens (primary N) is 1. The number of piperidine rings is 1. The Morgan fingerprint density at radius 1 is 1.57 bits per heavy atom. The van der Waals surface area contributed by atoms with Crippen LogP contribution >= 0.6 is 0 Å². The highest BCUT2D eigenvalue weighted by Crippen LogP contribution is 2.25. The van der Waals surface area contributed by atoms with E-state index in [-0.39, 0.29) is 11.6 Å². The lowest BCUT2D eigenvalue weighted by atomic mass is 9.93. The molecule has 1 aliphatic rings. The van der Waals surface area contributed by atoms with Crippen molar-refractivity contribution in [2.45, 2.75) is 32.6 Å². The minimum atomic E-state index is -0.477. The molecule has 1 fully saturated rings. The molecule has 0 spiro atoms. The van der Waals surface area contributed by atoms with Crippen molar-refractivity contribution < 1.29 is 18.7 Å². The summed E-state index contributed by atoms with van der Waals surface area (Å²) < 4.78 is 10.3. The molecule has 7 nitrogen and oxygen atoms in total. The first-order valence-electron chi connectivity index (χ1n) is 7.26. The molecule has 1 saturated heterocycles. The minimum Gasteiger partial charge on any atom is -0.461 e. The zero-order valence-electron chi connectivity index (χ0n) is 12.2. The van der Waals surface area contributed by atoms with Gasteiger partial charge in [-0.1, -0.05) is 0 Å². The lowest BCUT2D eigenvalue weighted by molar-refractivity contribution is -0.118. The van der Waals surface area contributed by atoms with Crippen molar-refractivity contribution in [3.63, 3.8) is 0 Å². The van der Waals surface area contributed by atoms with E-state index in [1.165, 1.54) is 6.26 Å². The summed E-state index contributed by atoms with van der Waals surface area (Å²) in [5, 5.41) is 0. The second-order valence-corrected chi connectivity index (χ2v) is 5.20. The van der Waals surface area contributed by atoms with Crippen LogP contribution in [0.4, 0.5) is 6.01 Å². The lowest BCUT2D eigenvalue weighted by Crippen LogP contribution is -2.36. The monoisotopic (exact) mass is 295 g/mol. The third kappa shape index (κ3) is 4.21. The molecule has 1 atom stereocenters. The van der Waals surface area contributed by atoms with Gasteiger partial charge in [-0.25, -0.2) is 4.79 Å². The van der Waals surface area contributed by atoms with Crippen LogP contribution in [0.15, 0.2) is 10.7 Å². The molecule has 0 radical (unpaired) electrons. The second kappa shape index (κ2) is 7.10. The SMILES string of the molecule is CCOC(=O)c1coc(N2CCC[C@@H](CCC(N)=O)C2)n1. The van der Waals surface area contributed by atoms with Gasteiger partial charge in [0.2, 0.25) is 5.91 Å². The molecule has 7 heteroatoms. The Kier molecular flexibility index (Phi) is 5.19. The number of anilines is 1. The summed E-state index contributed by atoms with van der Waals surface area (Å²) in [6.45, 7) is 3.64. The maximum atomic E-state index is 11.6. The first-order chi connectivity index (χ1) is 10.1. The van der Waals surface area contributed by atoms with E-state index in [1.807, 2.05) is 4.90 Å². The molecular formula is C14H21N3O4. The summed E-state index contributed by atoms with van der Waals surface area (Å²) in [5.41, 5.74) is 5.37. The predicted octanol–water partition coefficient (Wildman–Crippen LogP) is 1.33. The number of carbonyl (C=O) groups excluding carboxylic acids is 2. The molecule has 0 bridgehead atoms. The summed E-state index contributed by atoms with van der Waals surface area (Å²) in [7, 11) is 0. The highest BCUT2D eigenvalue weighted by atomic mass is 16.5. The fourth-order valence-electron chi connectivity index (χ4n) is 2.53. The van der Waals surface area contributed by atoms with Crippen molar-refractivity contribution in [2.75, 3.05) is 24.6 Å². The molecular weight excluding hydrogens is 274 g/mol. The van der Waals surface area contributed by atoms with Gasteiger partial charge in [-0.3, -0.25) is 4.79 Å². The Labute approximate surface area is 123 Å². The molecule has 1 aromatic heterocycles. The summed E-state index contributed by atoms with van der Waals surface area (Å²) in [4.78, 5) is 28.6. The van der Waals surface area contributed by atoms with E-state index in [9.17, 15) is 9.59 Å². The summed E-state index contributed by atoms with van der Waals surface area (Å²) >= 11 is 0. The highest BCUT2D eigenvalue weighted by molar-refractivity contribution is 5.87. The Morgan fingerprint density at radius 2 is 2.38 bits per heavy atom. The van der Waals surface area contributed by atoms with Gasteiger partial charge in [-0.2, -0.15) is 4.98 Å². The molecule has 2 N–H and O–H groups in total. The van der Waals surface area contributed by atoms with Crippen molar-refractivity contribution in [1.29, 1.82) is 0 Å². The highest BCUT2D eigenvalue weighted by Gasteiger charge is 2.24. The average Bonchev–Trinajstić information content (AvgIpc) is 2.95. The molecule has 116 valence electrons. The van der Waals surface area contributed by atoms with Crippen LogP contribution in [0.25, 0.3) is 0 Å². The van der Waals surface area contributed by atoms with Crippen LogP contribution in [0.1, 0.15) is 43.1 Å². The van der Waals surface area contributed by atoms with Gasteiger partial charge in [-0.05, 0) is 32.1 Å². The quantitative estimate of drug-likeness (QED) is 0.795. The average molecular weight is 295 g/mol. The predicted molar refractivity (Wildman–Crippen MR) is 75.8 cm³/mol. The normalized spacial score (nSPS) is 18.5. The third-order valence-electron chi connectivity index (χ3n) is 3.57. The molecule has 2 rings (SSSR count). The van der Waals surface area contributed by atoms with E-state index < -0.39 is 5.97 Å². The van der Waals surface area contributed by atoms with Crippen LogP contribution in [0.5, 0.6) is 0 Å². The molecule has 0 aromatic carbocycles. The van der Waals surface area contributed by atoms with Gasteiger partial charge in [0.05, 0.1) is 6.61 Å². The molecule has 0 unspecified atom stereocenters. The van der Waals surface area contributed by atoms with Crippen molar-refractivity contribution in [1.82, 2.24) is 4.98 Å². The maximum absolute atomic E-state index is 11.6. The second-order valence-electron chi connectivity index (χ2n) is 5.20. The van der Waals surface area contributed by atoms with Crippen molar-refractivity contribution >= 4 is 17.9 Å². The number of rotatable bonds is 6. The Hall–Kier alpha value is -2.05. The first kappa shape index (κ1) is 15.3. The fourth-order valence-corrected chi connectivity index (χ4v) is 2.53.